The molecule has 2 unspecified atom stereocenters. The Hall–Kier alpha value is -0.410. The number of fused-ring (bicyclic) bond motifs is 1. The second-order valence-corrected chi connectivity index (χ2v) is 8.35. The summed E-state index contributed by atoms with van der Waals surface area (Å²) in [6.45, 7) is 8.31. The van der Waals surface area contributed by atoms with Crippen LogP contribution in [0.2, 0.25) is 0 Å². The molecule has 106 valence electrons. The molecule has 1 saturated heterocycles. The van der Waals surface area contributed by atoms with Crippen LogP contribution in [0.1, 0.15) is 68.1 Å². The van der Waals surface area contributed by atoms with Gasteiger partial charge in [-0.15, -0.1) is 11.3 Å². The van der Waals surface area contributed by atoms with Crippen molar-refractivity contribution < 1.29 is 0 Å². The number of piperidine rings is 1. The molecule has 0 amide bonds. The van der Waals surface area contributed by atoms with Crippen LogP contribution in [0.5, 0.6) is 0 Å². The van der Waals surface area contributed by atoms with Gasteiger partial charge in [0.15, 0.2) is 0 Å². The molecule has 0 radical (unpaired) electrons. The first-order valence-corrected chi connectivity index (χ1v) is 8.57. The highest BCUT2D eigenvalue weighted by Gasteiger charge is 2.31. The van der Waals surface area contributed by atoms with E-state index in [9.17, 15) is 0 Å². The van der Waals surface area contributed by atoms with Crippen LogP contribution in [0.3, 0.4) is 0 Å². The summed E-state index contributed by atoms with van der Waals surface area (Å²) in [6.07, 6.45) is 7.72. The maximum absolute atomic E-state index is 4.95. The predicted octanol–water partition coefficient (Wildman–Crippen LogP) is 4.11. The Bertz CT molecular complexity index is 438. The summed E-state index contributed by atoms with van der Waals surface area (Å²) in [6, 6.07) is 0.539. The Kier molecular flexibility index (Phi) is 3.69. The van der Waals surface area contributed by atoms with E-state index in [4.69, 9.17) is 4.98 Å². The molecular formula is C16H26N2S. The number of nitrogens with one attached hydrogen (secondary N) is 1. The van der Waals surface area contributed by atoms with Crippen LogP contribution in [-0.4, -0.2) is 11.5 Å². The van der Waals surface area contributed by atoms with Gasteiger partial charge in [-0.1, -0.05) is 27.2 Å². The molecule has 0 saturated carbocycles. The van der Waals surface area contributed by atoms with Crippen molar-refractivity contribution >= 4 is 11.3 Å². The lowest BCUT2D eigenvalue weighted by Crippen LogP contribution is -2.26. The molecule has 1 aliphatic heterocycles. The maximum Gasteiger partial charge on any atom is 0.110 e. The van der Waals surface area contributed by atoms with E-state index < -0.39 is 0 Å². The fourth-order valence-electron chi connectivity index (χ4n) is 3.35. The average molecular weight is 278 g/mol. The monoisotopic (exact) mass is 278 g/mol. The van der Waals surface area contributed by atoms with E-state index in [0.717, 1.165) is 5.92 Å². The van der Waals surface area contributed by atoms with Crippen molar-refractivity contribution in [1.82, 2.24) is 10.3 Å². The van der Waals surface area contributed by atoms with Gasteiger partial charge in [0.2, 0.25) is 0 Å². The molecule has 2 aliphatic rings. The summed E-state index contributed by atoms with van der Waals surface area (Å²) in [5, 5.41) is 4.99. The fraction of sp³-hybridized carbons (Fsp3) is 0.812. The SMILES string of the molecule is CC(C)(C)C1CCc2nc(C3CCCCN3)sc2C1. The molecule has 3 rings (SSSR count). The molecule has 0 aromatic carbocycles. The lowest BCUT2D eigenvalue weighted by Gasteiger charge is -2.33. The van der Waals surface area contributed by atoms with Gasteiger partial charge in [0.05, 0.1) is 11.7 Å². The van der Waals surface area contributed by atoms with Gasteiger partial charge in [0.25, 0.3) is 0 Å². The van der Waals surface area contributed by atoms with Crippen molar-refractivity contribution in [3.05, 3.63) is 15.6 Å². The Labute approximate surface area is 121 Å². The molecule has 1 aromatic heterocycles. The van der Waals surface area contributed by atoms with Gasteiger partial charge in [-0.2, -0.15) is 0 Å². The zero-order valence-corrected chi connectivity index (χ0v) is 13.3. The minimum Gasteiger partial charge on any atom is -0.308 e. The second-order valence-electron chi connectivity index (χ2n) is 7.23. The van der Waals surface area contributed by atoms with Gasteiger partial charge in [-0.25, -0.2) is 4.98 Å². The van der Waals surface area contributed by atoms with Crippen molar-refractivity contribution in [2.75, 3.05) is 6.54 Å². The normalized spacial score (nSPS) is 28.2. The summed E-state index contributed by atoms with van der Waals surface area (Å²) >= 11 is 1.99. The minimum atomic E-state index is 0.435. The molecule has 2 nitrogen and oxygen atoms in total. The van der Waals surface area contributed by atoms with Crippen molar-refractivity contribution in [1.29, 1.82) is 0 Å². The second kappa shape index (κ2) is 5.17. The van der Waals surface area contributed by atoms with Crippen LogP contribution in [0.15, 0.2) is 0 Å². The standard InChI is InChI=1S/C16H26N2S/c1-16(2,3)11-7-8-12-14(10-11)19-15(18-12)13-6-4-5-9-17-13/h11,13,17H,4-10H2,1-3H3. The minimum absolute atomic E-state index is 0.435. The molecule has 19 heavy (non-hydrogen) atoms. The van der Waals surface area contributed by atoms with Crippen molar-refractivity contribution in [2.24, 2.45) is 11.3 Å². The fourth-order valence-corrected chi connectivity index (χ4v) is 4.65. The lowest BCUT2D eigenvalue weighted by atomic mass is 9.73. The molecular weight excluding hydrogens is 252 g/mol. The highest BCUT2D eigenvalue weighted by molar-refractivity contribution is 7.11. The van der Waals surface area contributed by atoms with Gasteiger partial charge in [-0.05, 0) is 50.0 Å². The van der Waals surface area contributed by atoms with Crippen molar-refractivity contribution in [3.8, 4) is 0 Å². The van der Waals surface area contributed by atoms with Gasteiger partial charge < -0.3 is 5.32 Å². The molecule has 1 aromatic rings. The summed E-state index contributed by atoms with van der Waals surface area (Å²) < 4.78 is 0. The number of rotatable bonds is 1. The zero-order valence-electron chi connectivity index (χ0n) is 12.5. The smallest absolute Gasteiger partial charge is 0.110 e. The molecule has 0 bridgehead atoms. The Morgan fingerprint density at radius 3 is 2.74 bits per heavy atom. The third-order valence-corrected chi connectivity index (χ3v) is 6.02. The lowest BCUT2D eigenvalue weighted by molar-refractivity contribution is 0.217. The molecule has 1 N–H and O–H groups in total. The van der Waals surface area contributed by atoms with Crippen LogP contribution in [0.4, 0.5) is 0 Å². The van der Waals surface area contributed by atoms with E-state index in [2.05, 4.69) is 26.1 Å². The number of nitrogens with zero attached hydrogens (tertiary/aromatic N) is 1. The van der Waals surface area contributed by atoms with Gasteiger partial charge in [-0.3, -0.25) is 0 Å². The topological polar surface area (TPSA) is 24.9 Å². The van der Waals surface area contributed by atoms with Crippen molar-refractivity contribution in [3.63, 3.8) is 0 Å². The Morgan fingerprint density at radius 2 is 2.05 bits per heavy atom. The molecule has 1 aliphatic carbocycles. The number of hydrogen-bond donors (Lipinski definition) is 1. The zero-order chi connectivity index (χ0) is 13.5. The molecule has 3 heteroatoms. The summed E-state index contributed by atoms with van der Waals surface area (Å²) in [5.74, 6) is 0.826. The van der Waals surface area contributed by atoms with Gasteiger partial charge >= 0.3 is 0 Å². The summed E-state index contributed by atoms with van der Waals surface area (Å²) in [5.41, 5.74) is 1.85. The molecule has 1 fully saturated rings. The number of hydrogen-bond acceptors (Lipinski definition) is 3. The molecule has 2 atom stereocenters. The van der Waals surface area contributed by atoms with Crippen LogP contribution in [-0.2, 0) is 12.8 Å². The van der Waals surface area contributed by atoms with E-state index in [1.165, 1.54) is 55.8 Å². The molecule has 0 spiro atoms. The first kappa shape index (κ1) is 13.6. The van der Waals surface area contributed by atoms with Crippen molar-refractivity contribution in [2.45, 2.75) is 65.3 Å². The van der Waals surface area contributed by atoms with Crippen LogP contribution in [0.25, 0.3) is 0 Å². The maximum atomic E-state index is 4.95. The quantitative estimate of drug-likeness (QED) is 0.836. The summed E-state index contributed by atoms with van der Waals surface area (Å²) in [4.78, 5) is 6.52. The first-order valence-electron chi connectivity index (χ1n) is 7.76. The first-order chi connectivity index (χ1) is 9.04. The summed E-state index contributed by atoms with van der Waals surface area (Å²) in [7, 11) is 0. The van der Waals surface area contributed by atoms with E-state index in [1.54, 1.807) is 4.88 Å². The third kappa shape index (κ3) is 2.87. The van der Waals surface area contributed by atoms with Crippen LogP contribution < -0.4 is 5.32 Å². The number of thiazole rings is 1. The highest BCUT2D eigenvalue weighted by Crippen LogP contribution is 2.40. The van der Waals surface area contributed by atoms with Gasteiger partial charge in [0.1, 0.15) is 5.01 Å². The largest absolute Gasteiger partial charge is 0.308 e. The number of aromatic nitrogens is 1. The Morgan fingerprint density at radius 1 is 1.21 bits per heavy atom. The Balaban J connectivity index is 1.77. The van der Waals surface area contributed by atoms with E-state index in [0.29, 0.717) is 11.5 Å². The predicted molar refractivity (Wildman–Crippen MR) is 81.7 cm³/mol. The molecule has 2 heterocycles. The number of aryl methyl sites for hydroxylation is 1. The van der Waals surface area contributed by atoms with E-state index in [1.807, 2.05) is 11.3 Å². The van der Waals surface area contributed by atoms with E-state index >= 15 is 0 Å². The highest BCUT2D eigenvalue weighted by atomic mass is 32.1. The van der Waals surface area contributed by atoms with Crippen LogP contribution in [0, 0.1) is 11.3 Å². The average Bonchev–Trinajstić information content (AvgIpc) is 2.81. The third-order valence-electron chi connectivity index (χ3n) is 4.79. The van der Waals surface area contributed by atoms with Crippen LogP contribution >= 0.6 is 11.3 Å². The van der Waals surface area contributed by atoms with E-state index in [-0.39, 0.29) is 0 Å². The van der Waals surface area contributed by atoms with Gasteiger partial charge in [0, 0.05) is 4.88 Å².